The molecule has 262 valence electrons. The van der Waals surface area contributed by atoms with Crippen LogP contribution in [0.5, 0.6) is 0 Å². The quantitative estimate of drug-likeness (QED) is 0.160. The maximum Gasteiger partial charge on any atom is 0.143 e. The van der Waals surface area contributed by atoms with Gasteiger partial charge in [0.05, 0.1) is 11.4 Å². The van der Waals surface area contributed by atoms with E-state index < -0.39 is 0 Å². The number of benzene rings is 10. The number of rotatable bonds is 6. The van der Waals surface area contributed by atoms with E-state index in [4.69, 9.17) is 4.42 Å². The second kappa shape index (κ2) is 13.2. The molecule has 0 spiro atoms. The molecule has 10 aromatic carbocycles. The number of hydrogen-bond acceptors (Lipinski definition) is 2. The van der Waals surface area contributed by atoms with Gasteiger partial charge in [0.25, 0.3) is 0 Å². The van der Waals surface area contributed by atoms with Gasteiger partial charge >= 0.3 is 0 Å². The summed E-state index contributed by atoms with van der Waals surface area (Å²) in [4.78, 5) is 2.45. The average Bonchev–Trinajstić information content (AvgIpc) is 3.66. The Kier molecular flexibility index (Phi) is 7.53. The van der Waals surface area contributed by atoms with Crippen molar-refractivity contribution in [3.05, 3.63) is 212 Å². The molecule has 0 unspecified atom stereocenters. The highest BCUT2D eigenvalue weighted by molar-refractivity contribution is 6.15. The maximum atomic E-state index is 6.47. The normalized spacial score (nSPS) is 11.6. The molecule has 0 N–H and O–H groups in total. The number of hydrogen-bond donors (Lipinski definition) is 0. The average molecular weight is 714 g/mol. The molecule has 56 heavy (non-hydrogen) atoms. The summed E-state index contributed by atoms with van der Waals surface area (Å²) in [5.41, 5.74) is 12.0. The summed E-state index contributed by atoms with van der Waals surface area (Å²) in [6.45, 7) is 0. The number of anilines is 3. The van der Waals surface area contributed by atoms with E-state index in [0.29, 0.717) is 0 Å². The van der Waals surface area contributed by atoms with Gasteiger partial charge in [-0.1, -0.05) is 176 Å². The summed E-state index contributed by atoms with van der Waals surface area (Å²) in [6.07, 6.45) is 0. The van der Waals surface area contributed by atoms with Crippen molar-refractivity contribution in [2.75, 3.05) is 4.90 Å². The van der Waals surface area contributed by atoms with Gasteiger partial charge in [-0.15, -0.1) is 0 Å². The summed E-state index contributed by atoms with van der Waals surface area (Å²) in [7, 11) is 0. The van der Waals surface area contributed by atoms with Crippen molar-refractivity contribution in [2.45, 2.75) is 0 Å². The van der Waals surface area contributed by atoms with Crippen LogP contribution in [0.4, 0.5) is 17.1 Å². The van der Waals surface area contributed by atoms with Gasteiger partial charge in [-0.3, -0.25) is 0 Å². The topological polar surface area (TPSA) is 16.4 Å². The summed E-state index contributed by atoms with van der Waals surface area (Å²) in [5, 5.41) is 9.68. The van der Waals surface area contributed by atoms with Gasteiger partial charge in [0.1, 0.15) is 11.2 Å². The van der Waals surface area contributed by atoms with Crippen LogP contribution in [0, 0.1) is 0 Å². The largest absolute Gasteiger partial charge is 0.455 e. The molecule has 0 radical (unpaired) electrons. The number of para-hydroxylation sites is 4. The fourth-order valence-electron chi connectivity index (χ4n) is 8.70. The highest BCUT2D eigenvalue weighted by Gasteiger charge is 2.23. The Morgan fingerprint density at radius 2 is 0.821 bits per heavy atom. The van der Waals surface area contributed by atoms with E-state index in [9.17, 15) is 0 Å². The van der Waals surface area contributed by atoms with Gasteiger partial charge in [0.15, 0.2) is 0 Å². The van der Waals surface area contributed by atoms with Crippen molar-refractivity contribution >= 4 is 71.3 Å². The fraction of sp³-hybridized carbons (Fsp3) is 0. The molecule has 0 saturated heterocycles. The standard InChI is InChI=1S/C54H35NO/c1-3-18-40-36(15-1)17-13-26-44(40)46-22-7-10-28-51(46)55(39-33-31-37(32-34-39)42-25-14-27-49-48-24-9-12-30-53(48)56-54(42)49)52-29-11-8-23-47(52)50-35-38-16-2-4-19-41(38)43-20-5-6-21-45(43)50/h1-35H. The van der Waals surface area contributed by atoms with E-state index in [2.05, 4.69) is 205 Å². The van der Waals surface area contributed by atoms with Gasteiger partial charge in [0.2, 0.25) is 0 Å². The molecule has 0 bridgehead atoms. The zero-order chi connectivity index (χ0) is 37.0. The number of nitrogens with zero attached hydrogens (tertiary/aromatic N) is 1. The lowest BCUT2D eigenvalue weighted by molar-refractivity contribution is 0.670. The highest BCUT2D eigenvalue weighted by Crippen LogP contribution is 2.48. The molecule has 1 aromatic heterocycles. The van der Waals surface area contributed by atoms with Crippen LogP contribution in [0.15, 0.2) is 217 Å². The first-order valence-electron chi connectivity index (χ1n) is 19.2. The predicted octanol–water partition coefficient (Wildman–Crippen LogP) is 15.5. The van der Waals surface area contributed by atoms with Crippen molar-refractivity contribution in [3.63, 3.8) is 0 Å². The maximum absolute atomic E-state index is 6.47. The molecule has 1 heterocycles. The zero-order valence-electron chi connectivity index (χ0n) is 30.6. The number of fused-ring (bicyclic) bond motifs is 7. The molecule has 0 atom stereocenters. The molecule has 0 aliphatic rings. The third kappa shape index (κ3) is 5.19. The Hall–Kier alpha value is -7.42. The van der Waals surface area contributed by atoms with Crippen LogP contribution in [0.3, 0.4) is 0 Å². The Labute approximate surface area is 325 Å². The molecular weight excluding hydrogens is 679 g/mol. The summed E-state index contributed by atoms with van der Waals surface area (Å²) in [6, 6.07) is 76.6. The van der Waals surface area contributed by atoms with Crippen LogP contribution < -0.4 is 4.90 Å². The van der Waals surface area contributed by atoms with Crippen LogP contribution in [0.2, 0.25) is 0 Å². The summed E-state index contributed by atoms with van der Waals surface area (Å²) >= 11 is 0. The van der Waals surface area contributed by atoms with E-state index in [1.165, 1.54) is 54.6 Å². The molecule has 0 fully saturated rings. The Balaban J connectivity index is 1.15. The molecule has 0 amide bonds. The molecule has 2 heteroatoms. The van der Waals surface area contributed by atoms with Crippen molar-refractivity contribution < 1.29 is 4.42 Å². The van der Waals surface area contributed by atoms with Gasteiger partial charge in [-0.25, -0.2) is 0 Å². The monoisotopic (exact) mass is 713 g/mol. The second-order valence-electron chi connectivity index (χ2n) is 14.4. The Bertz CT molecular complexity index is 3260. The lowest BCUT2D eigenvalue weighted by Gasteiger charge is -2.30. The SMILES string of the molecule is c1ccc(N(c2ccc(-c3cccc4c3oc3ccccc34)cc2)c2ccccc2-c2cc3ccccc3c3ccccc23)c(-c2cccc3ccccc23)c1. The van der Waals surface area contributed by atoms with E-state index in [-0.39, 0.29) is 0 Å². The van der Waals surface area contributed by atoms with Crippen molar-refractivity contribution in [2.24, 2.45) is 0 Å². The summed E-state index contributed by atoms with van der Waals surface area (Å²) < 4.78 is 6.47. The minimum atomic E-state index is 0.903. The number of furan rings is 1. The van der Waals surface area contributed by atoms with Crippen molar-refractivity contribution in [1.29, 1.82) is 0 Å². The van der Waals surface area contributed by atoms with E-state index in [1.54, 1.807) is 0 Å². The van der Waals surface area contributed by atoms with Crippen molar-refractivity contribution in [3.8, 4) is 33.4 Å². The third-order valence-corrected chi connectivity index (χ3v) is 11.3. The van der Waals surface area contributed by atoms with E-state index >= 15 is 0 Å². The first-order chi connectivity index (χ1) is 27.8. The molecule has 2 nitrogen and oxygen atoms in total. The molecular formula is C54H35NO. The van der Waals surface area contributed by atoms with Gasteiger partial charge in [0, 0.05) is 33.2 Å². The van der Waals surface area contributed by atoms with Gasteiger partial charge in [-0.2, -0.15) is 0 Å². The Morgan fingerprint density at radius 3 is 1.61 bits per heavy atom. The van der Waals surface area contributed by atoms with Gasteiger partial charge in [-0.05, 0) is 85.4 Å². The Morgan fingerprint density at radius 1 is 0.304 bits per heavy atom. The van der Waals surface area contributed by atoms with Crippen molar-refractivity contribution in [1.82, 2.24) is 0 Å². The molecule has 11 aromatic rings. The molecule has 0 aliphatic heterocycles. The van der Waals surface area contributed by atoms with Crippen LogP contribution in [0.25, 0.3) is 87.6 Å². The van der Waals surface area contributed by atoms with Gasteiger partial charge < -0.3 is 9.32 Å². The third-order valence-electron chi connectivity index (χ3n) is 11.3. The fourth-order valence-corrected chi connectivity index (χ4v) is 8.70. The molecule has 11 rings (SSSR count). The second-order valence-corrected chi connectivity index (χ2v) is 14.4. The highest BCUT2D eigenvalue weighted by atomic mass is 16.3. The predicted molar refractivity (Wildman–Crippen MR) is 237 cm³/mol. The van der Waals surface area contributed by atoms with E-state index in [0.717, 1.165) is 50.1 Å². The van der Waals surface area contributed by atoms with Crippen LogP contribution in [-0.2, 0) is 0 Å². The zero-order valence-corrected chi connectivity index (χ0v) is 30.6. The van der Waals surface area contributed by atoms with Crippen LogP contribution in [0.1, 0.15) is 0 Å². The first kappa shape index (κ1) is 32.0. The van der Waals surface area contributed by atoms with E-state index in [1.807, 2.05) is 12.1 Å². The lowest BCUT2D eigenvalue weighted by atomic mass is 9.91. The van der Waals surface area contributed by atoms with Crippen LogP contribution >= 0.6 is 0 Å². The van der Waals surface area contributed by atoms with Crippen LogP contribution in [-0.4, -0.2) is 0 Å². The molecule has 0 aliphatic carbocycles. The first-order valence-corrected chi connectivity index (χ1v) is 19.2. The smallest absolute Gasteiger partial charge is 0.143 e. The lowest BCUT2D eigenvalue weighted by Crippen LogP contribution is -2.12. The molecule has 0 saturated carbocycles. The minimum Gasteiger partial charge on any atom is -0.455 e. The summed E-state index contributed by atoms with van der Waals surface area (Å²) in [5.74, 6) is 0. The minimum absolute atomic E-state index is 0.903.